The highest BCUT2D eigenvalue weighted by Crippen LogP contribution is 2.27. The Morgan fingerprint density at radius 3 is 1.22 bits per heavy atom. The normalized spacial score (nSPS) is 51.7. The Labute approximate surface area is 130 Å². The Kier molecular flexibility index (Phi) is 6.27. The van der Waals surface area contributed by atoms with Crippen molar-refractivity contribution >= 4 is 0 Å². The summed E-state index contributed by atoms with van der Waals surface area (Å²) in [6.07, 6.45) is -15.6. The molecular formula is C12H22O11. The first kappa shape index (κ1) is 18.9. The molecule has 2 saturated heterocycles. The minimum Gasteiger partial charge on any atom is -0.394 e. The minimum absolute atomic E-state index is 0.667. The van der Waals surface area contributed by atoms with Crippen molar-refractivity contribution in [2.45, 2.75) is 61.4 Å². The van der Waals surface area contributed by atoms with Gasteiger partial charge in [-0.2, -0.15) is 0 Å². The van der Waals surface area contributed by atoms with Crippen molar-refractivity contribution in [1.82, 2.24) is 0 Å². The lowest BCUT2D eigenvalue weighted by atomic mass is 9.98. The van der Waals surface area contributed by atoms with E-state index in [1.54, 1.807) is 0 Å². The topological polar surface area (TPSA) is 190 Å². The molecule has 0 saturated carbocycles. The maximum Gasteiger partial charge on any atom is 0.189 e. The molecule has 0 aromatic heterocycles. The van der Waals surface area contributed by atoms with Gasteiger partial charge in [-0.3, -0.25) is 0 Å². The third-order valence-electron chi connectivity index (χ3n) is 3.97. The predicted octanol–water partition coefficient (Wildman–Crippen LogP) is -5.40. The molecule has 2 fully saturated rings. The van der Waals surface area contributed by atoms with E-state index in [1.165, 1.54) is 0 Å². The summed E-state index contributed by atoms with van der Waals surface area (Å²) in [5, 5.41) is 76.4. The second kappa shape index (κ2) is 7.63. The Balaban J connectivity index is 2.07. The van der Waals surface area contributed by atoms with Gasteiger partial charge in [0.05, 0.1) is 13.2 Å². The van der Waals surface area contributed by atoms with Crippen LogP contribution in [0.5, 0.6) is 0 Å². The van der Waals surface area contributed by atoms with Gasteiger partial charge in [-0.05, 0) is 0 Å². The molecule has 0 unspecified atom stereocenters. The van der Waals surface area contributed by atoms with Crippen molar-refractivity contribution in [1.29, 1.82) is 0 Å². The SMILES string of the molecule is OC[C@@H]1O[C@@H](O[C@H]2O[C@H](CO)[C@@H](O)[C@H](O)[C@H]2O)[C@@H](O)[C@H](O)[C@H]1O. The summed E-state index contributed by atoms with van der Waals surface area (Å²) < 4.78 is 15.3. The van der Waals surface area contributed by atoms with Crippen LogP contribution in [0.25, 0.3) is 0 Å². The van der Waals surface area contributed by atoms with Gasteiger partial charge in [-0.25, -0.2) is 0 Å². The Morgan fingerprint density at radius 1 is 0.565 bits per heavy atom. The van der Waals surface area contributed by atoms with Gasteiger partial charge in [0.25, 0.3) is 0 Å². The van der Waals surface area contributed by atoms with Gasteiger partial charge >= 0.3 is 0 Å². The molecule has 0 aliphatic carbocycles. The van der Waals surface area contributed by atoms with Crippen LogP contribution in [0.1, 0.15) is 0 Å². The molecule has 11 heteroatoms. The molecule has 10 atom stereocenters. The summed E-state index contributed by atoms with van der Waals surface area (Å²) in [5.74, 6) is 0. The zero-order valence-corrected chi connectivity index (χ0v) is 12.0. The molecule has 2 heterocycles. The van der Waals surface area contributed by atoms with Crippen LogP contribution in [0.4, 0.5) is 0 Å². The first-order valence-electron chi connectivity index (χ1n) is 7.08. The first-order valence-corrected chi connectivity index (χ1v) is 7.08. The van der Waals surface area contributed by atoms with Crippen molar-refractivity contribution in [3.05, 3.63) is 0 Å². The zero-order valence-electron chi connectivity index (χ0n) is 12.0. The lowest BCUT2D eigenvalue weighted by Crippen LogP contribution is -2.63. The van der Waals surface area contributed by atoms with Gasteiger partial charge < -0.3 is 55.1 Å². The summed E-state index contributed by atoms with van der Waals surface area (Å²) >= 11 is 0. The molecule has 0 aromatic carbocycles. The van der Waals surface area contributed by atoms with E-state index in [9.17, 15) is 30.6 Å². The number of aliphatic hydroxyl groups is 8. The fourth-order valence-electron chi connectivity index (χ4n) is 2.49. The second-order valence-electron chi connectivity index (χ2n) is 5.53. The maximum atomic E-state index is 9.84. The molecule has 0 bridgehead atoms. The molecule has 0 spiro atoms. The molecule has 0 radical (unpaired) electrons. The first-order chi connectivity index (χ1) is 10.8. The number of ether oxygens (including phenoxy) is 3. The molecule has 2 aliphatic rings. The lowest BCUT2D eigenvalue weighted by Gasteiger charge is -2.44. The van der Waals surface area contributed by atoms with E-state index < -0.39 is 74.6 Å². The summed E-state index contributed by atoms with van der Waals surface area (Å²) in [7, 11) is 0. The smallest absolute Gasteiger partial charge is 0.189 e. The molecule has 0 aromatic rings. The molecule has 23 heavy (non-hydrogen) atoms. The summed E-state index contributed by atoms with van der Waals surface area (Å²) in [6, 6.07) is 0. The van der Waals surface area contributed by atoms with Gasteiger partial charge in [0, 0.05) is 0 Å². The van der Waals surface area contributed by atoms with E-state index >= 15 is 0 Å². The van der Waals surface area contributed by atoms with E-state index in [0.717, 1.165) is 0 Å². The monoisotopic (exact) mass is 342 g/mol. The zero-order chi connectivity index (χ0) is 17.3. The average molecular weight is 342 g/mol. The van der Waals surface area contributed by atoms with E-state index in [2.05, 4.69) is 0 Å². The van der Waals surface area contributed by atoms with Crippen molar-refractivity contribution in [2.24, 2.45) is 0 Å². The Morgan fingerprint density at radius 2 is 0.913 bits per heavy atom. The number of hydrogen-bond acceptors (Lipinski definition) is 11. The molecular weight excluding hydrogens is 320 g/mol. The van der Waals surface area contributed by atoms with E-state index in [1.807, 2.05) is 0 Å². The number of rotatable bonds is 4. The highest BCUT2D eigenvalue weighted by molar-refractivity contribution is 4.92. The van der Waals surface area contributed by atoms with Crippen LogP contribution < -0.4 is 0 Å². The summed E-state index contributed by atoms with van der Waals surface area (Å²) in [6.45, 7) is -1.33. The number of hydrogen-bond donors (Lipinski definition) is 8. The maximum absolute atomic E-state index is 9.84. The van der Waals surface area contributed by atoms with Crippen molar-refractivity contribution < 1.29 is 55.1 Å². The third kappa shape index (κ3) is 3.65. The largest absolute Gasteiger partial charge is 0.394 e. The van der Waals surface area contributed by atoms with Crippen LogP contribution >= 0.6 is 0 Å². The number of aliphatic hydroxyl groups excluding tert-OH is 8. The average Bonchev–Trinajstić information content (AvgIpc) is 2.55. The quantitative estimate of drug-likeness (QED) is 0.243. The van der Waals surface area contributed by atoms with Gasteiger partial charge in [-0.1, -0.05) is 0 Å². The molecule has 136 valence electrons. The van der Waals surface area contributed by atoms with Crippen molar-refractivity contribution in [3.63, 3.8) is 0 Å². The van der Waals surface area contributed by atoms with Crippen LogP contribution in [-0.2, 0) is 14.2 Å². The van der Waals surface area contributed by atoms with Crippen LogP contribution in [0.2, 0.25) is 0 Å². The van der Waals surface area contributed by atoms with Gasteiger partial charge in [0.2, 0.25) is 0 Å². The van der Waals surface area contributed by atoms with Crippen molar-refractivity contribution in [3.8, 4) is 0 Å². The molecule has 11 nitrogen and oxygen atoms in total. The molecule has 2 rings (SSSR count). The van der Waals surface area contributed by atoms with Crippen LogP contribution in [0.3, 0.4) is 0 Å². The highest BCUT2D eigenvalue weighted by atomic mass is 16.8. The lowest BCUT2D eigenvalue weighted by molar-refractivity contribution is -0.376. The standard InChI is InChI=1S/C12H22O11/c13-1-3-5(15)7(17)9(19)11(21-3)23-12-10(20)8(18)6(16)4(2-14)22-12/h3-20H,1-2H2/t3-,4+,5-,6+,7+,8-,9-,10+,11-,12+. The molecule has 0 amide bonds. The highest BCUT2D eigenvalue weighted by Gasteiger charge is 2.49. The van der Waals surface area contributed by atoms with Gasteiger partial charge in [-0.15, -0.1) is 0 Å². The predicted molar refractivity (Wildman–Crippen MR) is 68.6 cm³/mol. The van der Waals surface area contributed by atoms with Crippen LogP contribution in [-0.4, -0.2) is 115 Å². The van der Waals surface area contributed by atoms with Crippen LogP contribution in [0, 0.1) is 0 Å². The van der Waals surface area contributed by atoms with E-state index in [4.69, 9.17) is 24.4 Å². The van der Waals surface area contributed by atoms with E-state index in [-0.39, 0.29) is 0 Å². The molecule has 8 N–H and O–H groups in total. The second-order valence-corrected chi connectivity index (χ2v) is 5.53. The minimum atomic E-state index is -1.72. The Bertz CT molecular complexity index is 344. The van der Waals surface area contributed by atoms with Crippen LogP contribution in [0.15, 0.2) is 0 Å². The summed E-state index contributed by atoms with van der Waals surface area (Å²) in [5.41, 5.74) is 0. The Hall–Kier alpha value is -0.440. The molecule has 2 aliphatic heterocycles. The fraction of sp³-hybridized carbons (Fsp3) is 1.00. The third-order valence-corrected chi connectivity index (χ3v) is 3.97. The van der Waals surface area contributed by atoms with Crippen molar-refractivity contribution in [2.75, 3.05) is 13.2 Å². The summed E-state index contributed by atoms with van der Waals surface area (Å²) in [4.78, 5) is 0. The van der Waals surface area contributed by atoms with Gasteiger partial charge in [0.15, 0.2) is 12.6 Å². The van der Waals surface area contributed by atoms with Gasteiger partial charge in [0.1, 0.15) is 48.8 Å². The fourth-order valence-corrected chi connectivity index (χ4v) is 2.49. The van der Waals surface area contributed by atoms with E-state index in [0.29, 0.717) is 0 Å².